The average molecular weight is 316 g/mol. The fourth-order valence-corrected chi connectivity index (χ4v) is 1.94. The van der Waals surface area contributed by atoms with E-state index in [1.165, 1.54) is 19.2 Å². The monoisotopic (exact) mass is 316 g/mol. The van der Waals surface area contributed by atoms with Crippen LogP contribution >= 0.6 is 0 Å². The molecule has 0 heterocycles. The second kappa shape index (κ2) is 7.40. The van der Waals surface area contributed by atoms with Crippen molar-refractivity contribution in [3.8, 4) is 0 Å². The van der Waals surface area contributed by atoms with Gasteiger partial charge in [0, 0.05) is 5.69 Å². The molecule has 0 fully saturated rings. The van der Waals surface area contributed by atoms with E-state index in [0.717, 1.165) is 0 Å². The van der Waals surface area contributed by atoms with Gasteiger partial charge in [-0.05, 0) is 43.3 Å². The fraction of sp³-hybridized carbons (Fsp3) is 0.176. The van der Waals surface area contributed by atoms with Crippen molar-refractivity contribution < 1.29 is 18.7 Å². The SMILES string of the molecule is COC(=O)c1ccc(N[C@@H](C)C(=O)Nc2ccccc2F)cc1. The lowest BCUT2D eigenvalue weighted by Gasteiger charge is -2.15. The summed E-state index contributed by atoms with van der Waals surface area (Å²) in [5.41, 5.74) is 1.21. The summed E-state index contributed by atoms with van der Waals surface area (Å²) in [6.07, 6.45) is 0. The number of carbonyl (C=O) groups excluding carboxylic acids is 2. The minimum atomic E-state index is -0.585. The van der Waals surface area contributed by atoms with E-state index in [4.69, 9.17) is 0 Å². The zero-order valence-electron chi connectivity index (χ0n) is 12.8. The third-order valence-electron chi connectivity index (χ3n) is 3.21. The van der Waals surface area contributed by atoms with Gasteiger partial charge in [-0.15, -0.1) is 0 Å². The third-order valence-corrected chi connectivity index (χ3v) is 3.21. The highest BCUT2D eigenvalue weighted by atomic mass is 19.1. The number of halogens is 1. The normalized spacial score (nSPS) is 11.4. The van der Waals surface area contributed by atoms with Crippen molar-refractivity contribution in [3.63, 3.8) is 0 Å². The van der Waals surface area contributed by atoms with Crippen molar-refractivity contribution in [1.29, 1.82) is 0 Å². The molecule has 0 saturated heterocycles. The minimum Gasteiger partial charge on any atom is -0.465 e. The number of hydrogen-bond donors (Lipinski definition) is 2. The molecule has 1 amide bonds. The topological polar surface area (TPSA) is 67.4 Å². The summed E-state index contributed by atoms with van der Waals surface area (Å²) in [6.45, 7) is 1.66. The lowest BCUT2D eigenvalue weighted by Crippen LogP contribution is -2.32. The number of methoxy groups -OCH3 is 1. The molecule has 0 aliphatic carbocycles. The number of carbonyl (C=O) groups is 2. The maximum atomic E-state index is 13.5. The van der Waals surface area contributed by atoms with Crippen LogP contribution in [0.3, 0.4) is 0 Å². The Bertz CT molecular complexity index is 701. The van der Waals surface area contributed by atoms with Crippen LogP contribution in [0.4, 0.5) is 15.8 Å². The van der Waals surface area contributed by atoms with Gasteiger partial charge in [0.05, 0.1) is 18.4 Å². The van der Waals surface area contributed by atoms with Gasteiger partial charge in [-0.2, -0.15) is 0 Å². The average Bonchev–Trinajstić information content (AvgIpc) is 2.56. The lowest BCUT2D eigenvalue weighted by atomic mass is 10.2. The van der Waals surface area contributed by atoms with Gasteiger partial charge in [0.25, 0.3) is 0 Å². The summed E-state index contributed by atoms with van der Waals surface area (Å²) in [6, 6.07) is 11.9. The number of rotatable bonds is 5. The smallest absolute Gasteiger partial charge is 0.337 e. The van der Waals surface area contributed by atoms with Crippen LogP contribution in [0.2, 0.25) is 0 Å². The Kier molecular flexibility index (Phi) is 5.30. The van der Waals surface area contributed by atoms with Crippen molar-refractivity contribution in [1.82, 2.24) is 0 Å². The molecule has 2 rings (SSSR count). The zero-order valence-corrected chi connectivity index (χ0v) is 12.8. The van der Waals surface area contributed by atoms with Gasteiger partial charge in [0.1, 0.15) is 11.9 Å². The van der Waals surface area contributed by atoms with Gasteiger partial charge < -0.3 is 15.4 Å². The molecule has 0 spiro atoms. The molecule has 23 heavy (non-hydrogen) atoms. The largest absolute Gasteiger partial charge is 0.465 e. The van der Waals surface area contributed by atoms with Crippen LogP contribution in [0.5, 0.6) is 0 Å². The van der Waals surface area contributed by atoms with Crippen LogP contribution in [-0.2, 0) is 9.53 Å². The van der Waals surface area contributed by atoms with Crippen molar-refractivity contribution in [2.75, 3.05) is 17.7 Å². The predicted molar refractivity (Wildman–Crippen MR) is 85.9 cm³/mol. The fourth-order valence-electron chi connectivity index (χ4n) is 1.94. The summed E-state index contributed by atoms with van der Waals surface area (Å²) >= 11 is 0. The van der Waals surface area contributed by atoms with Gasteiger partial charge in [-0.25, -0.2) is 9.18 Å². The molecule has 1 atom stereocenters. The Balaban J connectivity index is 1.98. The molecule has 0 aromatic heterocycles. The van der Waals surface area contributed by atoms with Crippen LogP contribution in [0.25, 0.3) is 0 Å². The lowest BCUT2D eigenvalue weighted by molar-refractivity contribution is -0.116. The number of para-hydroxylation sites is 1. The van der Waals surface area contributed by atoms with Gasteiger partial charge in [-0.3, -0.25) is 4.79 Å². The summed E-state index contributed by atoms with van der Waals surface area (Å²) < 4.78 is 18.1. The van der Waals surface area contributed by atoms with Crippen LogP contribution in [0, 0.1) is 5.82 Å². The van der Waals surface area contributed by atoms with Crippen molar-refractivity contribution in [2.45, 2.75) is 13.0 Å². The standard InChI is InChI=1S/C17H17FN2O3/c1-11(16(21)20-15-6-4-3-5-14(15)18)19-13-9-7-12(8-10-13)17(22)23-2/h3-11,19H,1-2H3,(H,20,21)/t11-/m0/s1. The van der Waals surface area contributed by atoms with E-state index in [1.807, 2.05) is 0 Å². The minimum absolute atomic E-state index is 0.132. The Hall–Kier alpha value is -2.89. The highest BCUT2D eigenvalue weighted by Crippen LogP contribution is 2.15. The molecule has 0 bridgehead atoms. The van der Waals surface area contributed by atoms with E-state index in [1.54, 1.807) is 43.3 Å². The molecule has 0 aliphatic heterocycles. The maximum Gasteiger partial charge on any atom is 0.337 e. The van der Waals surface area contributed by atoms with E-state index in [0.29, 0.717) is 11.3 Å². The molecule has 2 aromatic carbocycles. The van der Waals surface area contributed by atoms with Gasteiger partial charge >= 0.3 is 5.97 Å². The molecule has 120 valence electrons. The second-order valence-corrected chi connectivity index (χ2v) is 4.90. The number of nitrogens with one attached hydrogen (secondary N) is 2. The predicted octanol–water partition coefficient (Wildman–Crippen LogP) is 3.05. The molecule has 0 aliphatic rings. The summed E-state index contributed by atoms with van der Waals surface area (Å²) in [7, 11) is 1.31. The first kappa shape index (κ1) is 16.5. The van der Waals surface area contributed by atoms with Crippen molar-refractivity contribution >= 4 is 23.3 Å². The van der Waals surface area contributed by atoms with Gasteiger partial charge in [0.15, 0.2) is 0 Å². The van der Waals surface area contributed by atoms with E-state index >= 15 is 0 Å². The molecule has 6 heteroatoms. The molecule has 0 saturated carbocycles. The molecular weight excluding hydrogens is 299 g/mol. The summed E-state index contributed by atoms with van der Waals surface area (Å²) in [4.78, 5) is 23.4. The molecule has 0 unspecified atom stereocenters. The molecule has 2 aromatic rings. The molecule has 2 N–H and O–H groups in total. The maximum absolute atomic E-state index is 13.5. The van der Waals surface area contributed by atoms with Gasteiger partial charge in [-0.1, -0.05) is 12.1 Å². The van der Waals surface area contributed by atoms with E-state index in [-0.39, 0.29) is 11.6 Å². The van der Waals surface area contributed by atoms with Crippen LogP contribution < -0.4 is 10.6 Å². The Morgan fingerprint density at radius 3 is 2.35 bits per heavy atom. The number of ether oxygens (including phenoxy) is 1. The van der Waals surface area contributed by atoms with Crippen LogP contribution in [0.15, 0.2) is 48.5 Å². The first-order valence-electron chi connectivity index (χ1n) is 7.01. The highest BCUT2D eigenvalue weighted by molar-refractivity contribution is 5.96. The zero-order chi connectivity index (χ0) is 16.8. The molecule has 5 nitrogen and oxygen atoms in total. The van der Waals surface area contributed by atoms with Crippen molar-refractivity contribution in [3.05, 3.63) is 59.9 Å². The van der Waals surface area contributed by atoms with Crippen LogP contribution in [0.1, 0.15) is 17.3 Å². The van der Waals surface area contributed by atoms with Crippen LogP contribution in [-0.4, -0.2) is 25.0 Å². The second-order valence-electron chi connectivity index (χ2n) is 4.90. The van der Waals surface area contributed by atoms with E-state index in [2.05, 4.69) is 15.4 Å². The first-order valence-corrected chi connectivity index (χ1v) is 7.01. The summed E-state index contributed by atoms with van der Waals surface area (Å²) in [5, 5.41) is 5.50. The third kappa shape index (κ3) is 4.29. The molecule has 0 radical (unpaired) electrons. The number of benzene rings is 2. The Morgan fingerprint density at radius 2 is 1.74 bits per heavy atom. The first-order chi connectivity index (χ1) is 11.0. The Morgan fingerprint density at radius 1 is 1.09 bits per heavy atom. The quantitative estimate of drug-likeness (QED) is 0.832. The van der Waals surface area contributed by atoms with E-state index in [9.17, 15) is 14.0 Å². The van der Waals surface area contributed by atoms with Crippen molar-refractivity contribution in [2.24, 2.45) is 0 Å². The Labute approximate surface area is 133 Å². The number of amides is 1. The van der Waals surface area contributed by atoms with Gasteiger partial charge in [0.2, 0.25) is 5.91 Å². The highest BCUT2D eigenvalue weighted by Gasteiger charge is 2.14. The van der Waals surface area contributed by atoms with E-state index < -0.39 is 17.8 Å². The number of hydrogen-bond acceptors (Lipinski definition) is 4. The molecular formula is C17H17FN2O3. The summed E-state index contributed by atoms with van der Waals surface area (Å²) in [5.74, 6) is -1.29. The number of esters is 1. The number of anilines is 2.